The van der Waals surface area contributed by atoms with Gasteiger partial charge in [-0.1, -0.05) is 28.1 Å². The van der Waals surface area contributed by atoms with Crippen LogP contribution in [-0.4, -0.2) is 29.1 Å². The van der Waals surface area contributed by atoms with Gasteiger partial charge in [0.15, 0.2) is 0 Å². The molecular weight excluding hydrogens is 470 g/mol. The van der Waals surface area contributed by atoms with Gasteiger partial charge in [-0.2, -0.15) is 0 Å². The molecule has 0 aliphatic rings. The third-order valence-electron chi connectivity index (χ3n) is 5.27. The number of imidazole rings is 1. The predicted octanol–water partition coefficient (Wildman–Crippen LogP) is 5.68. The number of nitrogens with one attached hydrogen (secondary N) is 1. The summed E-state index contributed by atoms with van der Waals surface area (Å²) in [6.45, 7) is 3.31. The molecule has 32 heavy (non-hydrogen) atoms. The summed E-state index contributed by atoms with van der Waals surface area (Å²) in [5.41, 5.74) is 4.46. The Labute approximate surface area is 195 Å². The van der Waals surface area contributed by atoms with Crippen molar-refractivity contribution in [3.8, 4) is 16.9 Å². The van der Waals surface area contributed by atoms with Crippen LogP contribution in [0.25, 0.3) is 27.7 Å². The van der Waals surface area contributed by atoms with Crippen LogP contribution in [0.3, 0.4) is 0 Å². The fourth-order valence-electron chi connectivity index (χ4n) is 3.60. The number of carbonyl (C=O) groups excluding carboxylic acids is 1. The van der Waals surface area contributed by atoms with Gasteiger partial charge in [0.25, 0.3) is 0 Å². The summed E-state index contributed by atoms with van der Waals surface area (Å²) in [6.07, 6.45) is 9.62. The van der Waals surface area contributed by atoms with E-state index in [0.717, 1.165) is 50.7 Å². The summed E-state index contributed by atoms with van der Waals surface area (Å²) in [5.74, 6) is 0.534. The molecule has 164 valence electrons. The van der Waals surface area contributed by atoms with Crippen molar-refractivity contribution in [1.82, 2.24) is 14.9 Å². The van der Waals surface area contributed by atoms with Gasteiger partial charge in [-0.05, 0) is 42.7 Å². The SMILES string of the molecule is COc1cc2occ(-c3ccc(Br)cc3)c2cc1/C(C)=C/C(=O)NCCCn1ccnc1. The van der Waals surface area contributed by atoms with E-state index >= 15 is 0 Å². The number of carbonyl (C=O) groups is 1. The summed E-state index contributed by atoms with van der Waals surface area (Å²) in [4.78, 5) is 16.5. The monoisotopic (exact) mass is 493 g/mol. The molecule has 2 aromatic carbocycles. The minimum absolute atomic E-state index is 0.129. The van der Waals surface area contributed by atoms with Crippen molar-refractivity contribution < 1.29 is 13.9 Å². The number of aryl methyl sites for hydroxylation is 1. The number of allylic oxidation sites excluding steroid dienone is 1. The second-order valence-corrected chi connectivity index (χ2v) is 8.39. The summed E-state index contributed by atoms with van der Waals surface area (Å²) >= 11 is 3.47. The molecule has 2 heterocycles. The number of methoxy groups -OCH3 is 1. The minimum atomic E-state index is -0.129. The number of amides is 1. The Morgan fingerprint density at radius 3 is 2.81 bits per heavy atom. The predicted molar refractivity (Wildman–Crippen MR) is 129 cm³/mol. The smallest absolute Gasteiger partial charge is 0.244 e. The van der Waals surface area contributed by atoms with Crippen molar-refractivity contribution in [2.45, 2.75) is 19.9 Å². The molecule has 4 aromatic rings. The Kier molecular flexibility index (Phi) is 6.75. The van der Waals surface area contributed by atoms with Crippen LogP contribution in [0, 0.1) is 0 Å². The van der Waals surface area contributed by atoms with Gasteiger partial charge in [0.2, 0.25) is 5.91 Å². The summed E-state index contributed by atoms with van der Waals surface area (Å²) < 4.78 is 14.4. The number of ether oxygens (including phenoxy) is 1. The largest absolute Gasteiger partial charge is 0.496 e. The lowest BCUT2D eigenvalue weighted by Crippen LogP contribution is -2.23. The van der Waals surface area contributed by atoms with E-state index in [0.29, 0.717) is 12.3 Å². The van der Waals surface area contributed by atoms with Crippen molar-refractivity contribution in [3.05, 3.63) is 77.5 Å². The Bertz CT molecular complexity index is 1240. The molecule has 7 heteroatoms. The number of halogens is 1. The van der Waals surface area contributed by atoms with E-state index in [1.54, 1.807) is 32.0 Å². The van der Waals surface area contributed by atoms with Crippen LogP contribution in [0.2, 0.25) is 0 Å². The van der Waals surface area contributed by atoms with Gasteiger partial charge in [-0.3, -0.25) is 4.79 Å². The van der Waals surface area contributed by atoms with E-state index in [4.69, 9.17) is 9.15 Å². The quantitative estimate of drug-likeness (QED) is 0.253. The van der Waals surface area contributed by atoms with Gasteiger partial charge in [-0.25, -0.2) is 4.98 Å². The molecule has 0 aliphatic heterocycles. The number of fused-ring (bicyclic) bond motifs is 1. The zero-order valence-electron chi connectivity index (χ0n) is 18.0. The third-order valence-corrected chi connectivity index (χ3v) is 5.80. The molecule has 0 atom stereocenters. The number of furan rings is 1. The van der Waals surface area contributed by atoms with Crippen LogP contribution in [0.5, 0.6) is 5.75 Å². The van der Waals surface area contributed by atoms with Crippen LogP contribution in [0.15, 0.2) is 76.3 Å². The first-order chi connectivity index (χ1) is 15.5. The third kappa shape index (κ3) is 4.94. The second-order valence-electron chi connectivity index (χ2n) is 7.48. The highest BCUT2D eigenvalue weighted by Crippen LogP contribution is 2.37. The zero-order valence-corrected chi connectivity index (χ0v) is 19.6. The molecule has 0 spiro atoms. The van der Waals surface area contributed by atoms with Crippen LogP contribution in [0.4, 0.5) is 0 Å². The average molecular weight is 494 g/mol. The molecule has 2 aromatic heterocycles. The highest BCUT2D eigenvalue weighted by Gasteiger charge is 2.15. The maximum absolute atomic E-state index is 12.5. The first kappa shape index (κ1) is 21.9. The molecule has 0 radical (unpaired) electrons. The van der Waals surface area contributed by atoms with Crippen LogP contribution in [0.1, 0.15) is 18.9 Å². The molecule has 1 N–H and O–H groups in total. The van der Waals surface area contributed by atoms with Gasteiger partial charge in [0.05, 0.1) is 19.7 Å². The van der Waals surface area contributed by atoms with E-state index in [1.165, 1.54) is 0 Å². The van der Waals surface area contributed by atoms with Gasteiger partial charge >= 0.3 is 0 Å². The highest BCUT2D eigenvalue weighted by atomic mass is 79.9. The van der Waals surface area contributed by atoms with Crippen molar-refractivity contribution >= 4 is 38.4 Å². The lowest BCUT2D eigenvalue weighted by atomic mass is 9.99. The van der Waals surface area contributed by atoms with Gasteiger partial charge < -0.3 is 19.0 Å². The molecule has 0 unspecified atom stereocenters. The van der Waals surface area contributed by atoms with E-state index < -0.39 is 0 Å². The molecule has 0 saturated heterocycles. The molecule has 6 nitrogen and oxygen atoms in total. The van der Waals surface area contributed by atoms with Crippen molar-refractivity contribution in [2.24, 2.45) is 0 Å². The number of hydrogen-bond acceptors (Lipinski definition) is 4. The maximum atomic E-state index is 12.5. The van der Waals surface area contributed by atoms with E-state index in [9.17, 15) is 4.79 Å². The Hall–Kier alpha value is -3.32. The van der Waals surface area contributed by atoms with Gasteiger partial charge in [-0.15, -0.1) is 0 Å². The first-order valence-corrected chi connectivity index (χ1v) is 11.1. The first-order valence-electron chi connectivity index (χ1n) is 10.3. The fraction of sp³-hybridized carbons (Fsp3) is 0.200. The Morgan fingerprint density at radius 2 is 2.09 bits per heavy atom. The van der Waals surface area contributed by atoms with E-state index in [-0.39, 0.29) is 5.91 Å². The molecule has 1 amide bonds. The van der Waals surface area contributed by atoms with E-state index in [2.05, 4.69) is 26.2 Å². The van der Waals surface area contributed by atoms with Gasteiger partial charge in [0, 0.05) is 58.6 Å². The molecule has 0 fully saturated rings. The molecule has 0 saturated carbocycles. The molecule has 4 rings (SSSR count). The van der Waals surface area contributed by atoms with Crippen molar-refractivity contribution in [2.75, 3.05) is 13.7 Å². The zero-order chi connectivity index (χ0) is 22.5. The topological polar surface area (TPSA) is 69.3 Å². The van der Waals surface area contributed by atoms with E-state index in [1.807, 2.05) is 54.1 Å². The standard InChI is InChI=1S/C25H24BrN3O3/c1-17(12-25(30)28-8-3-10-29-11-9-27-16-29)20-13-21-22(18-4-6-19(26)7-5-18)15-32-24(21)14-23(20)31-2/h4-7,9,11-16H,3,8,10H2,1-2H3,(H,28,30)/b17-12+. The molecule has 0 bridgehead atoms. The van der Waals surface area contributed by atoms with Crippen LogP contribution >= 0.6 is 15.9 Å². The normalized spacial score (nSPS) is 11.7. The van der Waals surface area contributed by atoms with Crippen molar-refractivity contribution in [1.29, 1.82) is 0 Å². The number of aromatic nitrogens is 2. The summed E-state index contributed by atoms with van der Waals surface area (Å²) in [5, 5.41) is 3.91. The number of hydrogen-bond donors (Lipinski definition) is 1. The average Bonchev–Trinajstić information content (AvgIpc) is 3.46. The lowest BCUT2D eigenvalue weighted by molar-refractivity contribution is -0.116. The Balaban J connectivity index is 1.54. The second kappa shape index (κ2) is 9.87. The number of rotatable bonds is 8. The number of nitrogens with zero attached hydrogens (tertiary/aromatic N) is 2. The minimum Gasteiger partial charge on any atom is -0.496 e. The van der Waals surface area contributed by atoms with Crippen LogP contribution < -0.4 is 10.1 Å². The summed E-state index contributed by atoms with van der Waals surface area (Å²) in [6, 6.07) is 12.0. The Morgan fingerprint density at radius 1 is 1.28 bits per heavy atom. The highest BCUT2D eigenvalue weighted by molar-refractivity contribution is 9.10. The molecule has 0 aliphatic carbocycles. The fourth-order valence-corrected chi connectivity index (χ4v) is 3.87. The summed E-state index contributed by atoms with van der Waals surface area (Å²) in [7, 11) is 1.62. The van der Waals surface area contributed by atoms with Crippen LogP contribution in [-0.2, 0) is 11.3 Å². The maximum Gasteiger partial charge on any atom is 0.244 e. The number of benzene rings is 2. The molecular formula is C25H24BrN3O3. The van der Waals surface area contributed by atoms with Crippen molar-refractivity contribution in [3.63, 3.8) is 0 Å². The van der Waals surface area contributed by atoms with Gasteiger partial charge in [0.1, 0.15) is 11.3 Å². The lowest BCUT2D eigenvalue weighted by Gasteiger charge is -2.10.